The van der Waals surface area contributed by atoms with Gasteiger partial charge in [0.05, 0.1) is 5.56 Å². The van der Waals surface area contributed by atoms with Gasteiger partial charge in [0.1, 0.15) is 5.75 Å². The summed E-state index contributed by atoms with van der Waals surface area (Å²) in [5.41, 5.74) is 0.455. The molecular formula is C15H22O2. The zero-order valence-electron chi connectivity index (χ0n) is 10.8. The topological polar surface area (TPSA) is 37.3 Å². The van der Waals surface area contributed by atoms with E-state index in [1.807, 2.05) is 0 Å². The van der Waals surface area contributed by atoms with Gasteiger partial charge in [-0.15, -0.1) is 0 Å². The van der Waals surface area contributed by atoms with Crippen LogP contribution in [-0.4, -0.2) is 10.9 Å². The van der Waals surface area contributed by atoms with Crippen LogP contribution < -0.4 is 0 Å². The summed E-state index contributed by atoms with van der Waals surface area (Å²) >= 11 is 0. The summed E-state index contributed by atoms with van der Waals surface area (Å²) in [7, 11) is 0. The number of Topliss-reactive ketones (excluding diaryl/α,β-unsaturated/α-hetero) is 1. The molecule has 2 heteroatoms. The lowest BCUT2D eigenvalue weighted by Gasteiger charge is -2.05. The van der Waals surface area contributed by atoms with E-state index in [0.29, 0.717) is 12.0 Å². The lowest BCUT2D eigenvalue weighted by atomic mass is 10.0. The number of aromatic hydroxyl groups is 1. The maximum absolute atomic E-state index is 11.8. The molecule has 0 saturated carbocycles. The minimum Gasteiger partial charge on any atom is -0.507 e. The first-order valence-corrected chi connectivity index (χ1v) is 6.42. The molecule has 0 saturated heterocycles. The molecule has 1 aromatic rings. The summed E-state index contributed by atoms with van der Waals surface area (Å²) in [6.45, 7) is 4.43. The van der Waals surface area contributed by atoms with Crippen molar-refractivity contribution in [1.29, 1.82) is 0 Å². The van der Waals surface area contributed by atoms with Crippen molar-refractivity contribution in [2.75, 3.05) is 0 Å². The lowest BCUT2D eigenvalue weighted by Crippen LogP contribution is -1.99. The van der Waals surface area contributed by atoms with Crippen molar-refractivity contribution >= 4 is 5.78 Å². The Labute approximate surface area is 104 Å². The molecule has 94 valence electrons. The number of hydrogen-bond donors (Lipinski definition) is 1. The van der Waals surface area contributed by atoms with Crippen LogP contribution in [0.2, 0.25) is 0 Å². The van der Waals surface area contributed by atoms with Crippen molar-refractivity contribution in [3.8, 4) is 5.75 Å². The van der Waals surface area contributed by atoms with Crippen LogP contribution in [0.4, 0.5) is 0 Å². The highest BCUT2D eigenvalue weighted by atomic mass is 16.3. The van der Waals surface area contributed by atoms with E-state index in [2.05, 4.69) is 13.8 Å². The van der Waals surface area contributed by atoms with E-state index in [9.17, 15) is 9.90 Å². The summed E-state index contributed by atoms with van der Waals surface area (Å²) in [5.74, 6) is 0.885. The molecule has 0 amide bonds. The van der Waals surface area contributed by atoms with E-state index in [1.54, 1.807) is 24.3 Å². The van der Waals surface area contributed by atoms with Gasteiger partial charge in [-0.2, -0.15) is 0 Å². The summed E-state index contributed by atoms with van der Waals surface area (Å²) in [6.07, 6.45) is 4.96. The zero-order chi connectivity index (χ0) is 12.7. The van der Waals surface area contributed by atoms with Gasteiger partial charge in [0, 0.05) is 6.42 Å². The molecule has 1 rings (SSSR count). The maximum Gasteiger partial charge on any atom is 0.166 e. The van der Waals surface area contributed by atoms with Crippen molar-refractivity contribution in [1.82, 2.24) is 0 Å². The van der Waals surface area contributed by atoms with Crippen molar-refractivity contribution < 1.29 is 9.90 Å². The molecule has 17 heavy (non-hydrogen) atoms. The standard InChI is InChI=1S/C15H22O2/c1-12(2)8-4-3-5-10-14(16)13-9-6-7-11-15(13)17/h6-7,9,11-12,17H,3-5,8,10H2,1-2H3. The average Bonchev–Trinajstić information content (AvgIpc) is 2.28. The van der Waals surface area contributed by atoms with E-state index in [-0.39, 0.29) is 11.5 Å². The summed E-state index contributed by atoms with van der Waals surface area (Å²) < 4.78 is 0. The normalized spacial score (nSPS) is 10.8. The fourth-order valence-corrected chi connectivity index (χ4v) is 1.86. The third kappa shape index (κ3) is 5.03. The molecule has 0 unspecified atom stereocenters. The Morgan fingerprint density at radius 1 is 1.18 bits per heavy atom. The highest BCUT2D eigenvalue weighted by Gasteiger charge is 2.09. The SMILES string of the molecule is CC(C)CCCCCC(=O)c1ccccc1O. The van der Waals surface area contributed by atoms with Gasteiger partial charge in [0.25, 0.3) is 0 Å². The number of hydrogen-bond acceptors (Lipinski definition) is 2. The second-order valence-electron chi connectivity index (χ2n) is 4.93. The number of phenols is 1. The van der Waals surface area contributed by atoms with Gasteiger partial charge in [0.2, 0.25) is 0 Å². The number of carbonyl (C=O) groups is 1. The predicted molar refractivity (Wildman–Crippen MR) is 70.4 cm³/mol. The third-order valence-corrected chi connectivity index (χ3v) is 2.89. The Balaban J connectivity index is 2.29. The van der Waals surface area contributed by atoms with Crippen LogP contribution in [0.15, 0.2) is 24.3 Å². The largest absolute Gasteiger partial charge is 0.507 e. The molecule has 0 atom stereocenters. The monoisotopic (exact) mass is 234 g/mol. The zero-order valence-corrected chi connectivity index (χ0v) is 10.8. The molecule has 0 aromatic heterocycles. The van der Waals surface area contributed by atoms with Crippen LogP contribution in [0.25, 0.3) is 0 Å². The van der Waals surface area contributed by atoms with Gasteiger partial charge >= 0.3 is 0 Å². The molecule has 0 heterocycles. The number of unbranched alkanes of at least 4 members (excludes halogenated alkanes) is 2. The van der Waals surface area contributed by atoms with E-state index >= 15 is 0 Å². The second-order valence-corrected chi connectivity index (χ2v) is 4.93. The van der Waals surface area contributed by atoms with E-state index < -0.39 is 0 Å². The highest BCUT2D eigenvalue weighted by Crippen LogP contribution is 2.19. The molecule has 0 bridgehead atoms. The van der Waals surface area contributed by atoms with Gasteiger partial charge in [-0.1, -0.05) is 45.2 Å². The summed E-state index contributed by atoms with van der Waals surface area (Å²) in [6, 6.07) is 6.76. The molecule has 0 aliphatic rings. The molecule has 0 aliphatic heterocycles. The number of phenolic OH excluding ortho intramolecular Hbond substituents is 1. The van der Waals surface area contributed by atoms with Gasteiger partial charge in [-0.05, 0) is 24.5 Å². The van der Waals surface area contributed by atoms with Crippen molar-refractivity contribution in [2.45, 2.75) is 46.0 Å². The average molecular weight is 234 g/mol. The Hall–Kier alpha value is -1.31. The highest BCUT2D eigenvalue weighted by molar-refractivity contribution is 5.98. The molecule has 0 fully saturated rings. The van der Waals surface area contributed by atoms with Crippen LogP contribution in [-0.2, 0) is 0 Å². The van der Waals surface area contributed by atoms with E-state index in [0.717, 1.165) is 18.8 Å². The number of para-hydroxylation sites is 1. The van der Waals surface area contributed by atoms with Crippen LogP contribution in [0.1, 0.15) is 56.3 Å². The van der Waals surface area contributed by atoms with E-state index in [1.165, 1.54) is 12.8 Å². The smallest absolute Gasteiger partial charge is 0.166 e. The molecule has 0 aliphatic carbocycles. The van der Waals surface area contributed by atoms with Crippen molar-refractivity contribution in [3.05, 3.63) is 29.8 Å². The second kappa shape index (κ2) is 7.10. The molecule has 1 aromatic carbocycles. The fourth-order valence-electron chi connectivity index (χ4n) is 1.86. The van der Waals surface area contributed by atoms with Crippen LogP contribution in [0.3, 0.4) is 0 Å². The molecule has 0 radical (unpaired) electrons. The first kappa shape index (κ1) is 13.8. The Kier molecular flexibility index (Phi) is 5.75. The first-order valence-electron chi connectivity index (χ1n) is 6.42. The first-order chi connectivity index (χ1) is 8.11. The number of ketones is 1. The minimum atomic E-state index is 0.0487. The van der Waals surface area contributed by atoms with Crippen molar-refractivity contribution in [2.24, 2.45) is 5.92 Å². The third-order valence-electron chi connectivity index (χ3n) is 2.89. The van der Waals surface area contributed by atoms with Crippen LogP contribution >= 0.6 is 0 Å². The predicted octanol–water partition coefficient (Wildman–Crippen LogP) is 4.18. The van der Waals surface area contributed by atoms with Crippen molar-refractivity contribution in [3.63, 3.8) is 0 Å². The molecule has 2 nitrogen and oxygen atoms in total. The van der Waals surface area contributed by atoms with Gasteiger partial charge in [-0.3, -0.25) is 4.79 Å². The number of benzene rings is 1. The molecule has 1 N–H and O–H groups in total. The Bertz CT molecular complexity index is 356. The quantitative estimate of drug-likeness (QED) is 0.567. The minimum absolute atomic E-state index is 0.0487. The number of rotatable bonds is 7. The number of carbonyl (C=O) groups excluding carboxylic acids is 1. The summed E-state index contributed by atoms with van der Waals surface area (Å²) in [4.78, 5) is 11.8. The fraction of sp³-hybridized carbons (Fsp3) is 0.533. The van der Waals surface area contributed by atoms with Gasteiger partial charge < -0.3 is 5.11 Å². The lowest BCUT2D eigenvalue weighted by molar-refractivity contribution is 0.0976. The Morgan fingerprint density at radius 3 is 2.53 bits per heavy atom. The molecule has 0 spiro atoms. The summed E-state index contributed by atoms with van der Waals surface area (Å²) in [5, 5.41) is 9.54. The Morgan fingerprint density at radius 2 is 1.88 bits per heavy atom. The molecular weight excluding hydrogens is 212 g/mol. The van der Waals surface area contributed by atoms with Crippen LogP contribution in [0.5, 0.6) is 5.75 Å². The van der Waals surface area contributed by atoms with Gasteiger partial charge in [0.15, 0.2) is 5.78 Å². The van der Waals surface area contributed by atoms with Gasteiger partial charge in [-0.25, -0.2) is 0 Å². The van der Waals surface area contributed by atoms with E-state index in [4.69, 9.17) is 0 Å². The van der Waals surface area contributed by atoms with Crippen LogP contribution in [0, 0.1) is 5.92 Å². The maximum atomic E-state index is 11.8.